The fourth-order valence-electron chi connectivity index (χ4n) is 2.10. The smallest absolute Gasteiger partial charge is 0.0597 e. The van der Waals surface area contributed by atoms with Crippen LogP contribution >= 0.6 is 15.9 Å². The fraction of sp³-hybridized carbons (Fsp3) is 0.727. The summed E-state index contributed by atoms with van der Waals surface area (Å²) in [4.78, 5) is 3.23. The largest absolute Gasteiger partial charge is 0.297 e. The molecule has 0 amide bonds. The van der Waals surface area contributed by atoms with Gasteiger partial charge in [0.2, 0.25) is 0 Å². The molecule has 3 nitrogen and oxygen atoms in total. The van der Waals surface area contributed by atoms with Crippen molar-refractivity contribution in [2.75, 3.05) is 13.1 Å². The molecule has 0 radical (unpaired) electrons. The van der Waals surface area contributed by atoms with Crippen LogP contribution in [-0.4, -0.2) is 32.6 Å². The molecule has 1 aliphatic heterocycles. The van der Waals surface area contributed by atoms with Gasteiger partial charge in [-0.2, -0.15) is 5.10 Å². The molecule has 1 saturated heterocycles. The zero-order chi connectivity index (χ0) is 10.8. The number of hydrogen-bond acceptors (Lipinski definition) is 2. The van der Waals surface area contributed by atoms with Crippen LogP contribution in [0.4, 0.5) is 0 Å². The van der Waals surface area contributed by atoms with Gasteiger partial charge in [-0.05, 0) is 38.9 Å². The van der Waals surface area contributed by atoms with Crippen molar-refractivity contribution >= 4 is 15.9 Å². The second-order valence-corrected chi connectivity index (χ2v) is 5.65. The van der Waals surface area contributed by atoms with Gasteiger partial charge < -0.3 is 0 Å². The standard InChI is InChI=1S/C11H18BrN3/c1-9-7-11(14(2)13-9)8-15-5-3-10(12)4-6-15/h7,10H,3-6,8H2,1-2H3. The summed E-state index contributed by atoms with van der Waals surface area (Å²) < 4.78 is 2.00. The first-order valence-corrected chi connectivity index (χ1v) is 6.42. The Morgan fingerprint density at radius 2 is 2.13 bits per heavy atom. The predicted molar refractivity (Wildman–Crippen MR) is 65.2 cm³/mol. The molecule has 0 unspecified atom stereocenters. The Hall–Kier alpha value is -0.350. The van der Waals surface area contributed by atoms with Crippen molar-refractivity contribution in [3.05, 3.63) is 17.5 Å². The lowest BCUT2D eigenvalue weighted by molar-refractivity contribution is 0.221. The SMILES string of the molecule is Cc1cc(CN2CCC(Br)CC2)n(C)n1. The van der Waals surface area contributed by atoms with Crippen molar-refractivity contribution in [3.63, 3.8) is 0 Å². The van der Waals surface area contributed by atoms with Gasteiger partial charge in [-0.3, -0.25) is 9.58 Å². The highest BCUT2D eigenvalue weighted by molar-refractivity contribution is 9.09. The van der Waals surface area contributed by atoms with Crippen molar-refractivity contribution < 1.29 is 0 Å². The Morgan fingerprint density at radius 1 is 1.47 bits per heavy atom. The van der Waals surface area contributed by atoms with E-state index in [1.165, 1.54) is 31.6 Å². The van der Waals surface area contributed by atoms with E-state index in [1.807, 2.05) is 18.7 Å². The first kappa shape index (κ1) is 11.1. The molecule has 4 heteroatoms. The first-order valence-electron chi connectivity index (χ1n) is 5.51. The molecule has 0 atom stereocenters. The number of piperidine rings is 1. The number of rotatable bonds is 2. The first-order chi connectivity index (χ1) is 7.15. The van der Waals surface area contributed by atoms with Crippen molar-refractivity contribution in [2.45, 2.75) is 31.1 Å². The summed E-state index contributed by atoms with van der Waals surface area (Å²) in [6, 6.07) is 2.18. The maximum Gasteiger partial charge on any atom is 0.0597 e. The number of halogens is 1. The monoisotopic (exact) mass is 271 g/mol. The molecule has 2 heterocycles. The third-order valence-electron chi connectivity index (χ3n) is 3.00. The summed E-state index contributed by atoms with van der Waals surface area (Å²) in [5.74, 6) is 0. The van der Waals surface area contributed by atoms with E-state index in [-0.39, 0.29) is 0 Å². The van der Waals surface area contributed by atoms with E-state index < -0.39 is 0 Å². The molecular formula is C11H18BrN3. The molecule has 1 aliphatic rings. The second-order valence-electron chi connectivity index (χ2n) is 4.35. The average Bonchev–Trinajstić information content (AvgIpc) is 2.49. The molecule has 1 aromatic rings. The lowest BCUT2D eigenvalue weighted by Crippen LogP contribution is -2.33. The topological polar surface area (TPSA) is 21.1 Å². The van der Waals surface area contributed by atoms with Crippen LogP contribution in [0.25, 0.3) is 0 Å². The van der Waals surface area contributed by atoms with Gasteiger partial charge in [0.05, 0.1) is 11.4 Å². The van der Waals surface area contributed by atoms with Crippen molar-refractivity contribution in [2.24, 2.45) is 7.05 Å². The van der Waals surface area contributed by atoms with Crippen LogP contribution in [0.2, 0.25) is 0 Å². The summed E-state index contributed by atoms with van der Waals surface area (Å²) in [5, 5.41) is 4.37. The van der Waals surface area contributed by atoms with Gasteiger partial charge >= 0.3 is 0 Å². The van der Waals surface area contributed by atoms with Crippen LogP contribution in [0.1, 0.15) is 24.2 Å². The van der Waals surface area contributed by atoms with Gasteiger partial charge in [0, 0.05) is 18.4 Å². The van der Waals surface area contributed by atoms with E-state index in [9.17, 15) is 0 Å². The van der Waals surface area contributed by atoms with Crippen LogP contribution in [0.5, 0.6) is 0 Å². The second kappa shape index (κ2) is 4.66. The Labute approximate surface area is 99.6 Å². The summed E-state index contributed by atoms with van der Waals surface area (Å²) in [7, 11) is 2.03. The summed E-state index contributed by atoms with van der Waals surface area (Å²) in [5.41, 5.74) is 2.43. The Morgan fingerprint density at radius 3 is 2.67 bits per heavy atom. The Kier molecular flexibility index (Phi) is 3.46. The van der Waals surface area contributed by atoms with E-state index in [2.05, 4.69) is 32.0 Å². The fourth-order valence-corrected chi connectivity index (χ4v) is 2.51. The molecule has 0 aliphatic carbocycles. The molecule has 0 aromatic carbocycles. The molecular weight excluding hydrogens is 254 g/mol. The van der Waals surface area contributed by atoms with Crippen LogP contribution < -0.4 is 0 Å². The third-order valence-corrected chi connectivity index (χ3v) is 3.92. The molecule has 0 bridgehead atoms. The molecule has 2 rings (SSSR count). The van der Waals surface area contributed by atoms with E-state index in [0.717, 1.165) is 17.1 Å². The Bertz CT molecular complexity index is 327. The van der Waals surface area contributed by atoms with E-state index >= 15 is 0 Å². The molecule has 15 heavy (non-hydrogen) atoms. The lowest BCUT2D eigenvalue weighted by atomic mass is 10.1. The zero-order valence-electron chi connectivity index (χ0n) is 9.41. The minimum Gasteiger partial charge on any atom is -0.297 e. The molecule has 0 N–H and O–H groups in total. The average molecular weight is 272 g/mol. The van der Waals surface area contributed by atoms with Gasteiger partial charge in [0.25, 0.3) is 0 Å². The quantitative estimate of drug-likeness (QED) is 0.769. The molecule has 0 spiro atoms. The number of alkyl halides is 1. The highest BCUT2D eigenvalue weighted by atomic mass is 79.9. The summed E-state index contributed by atoms with van der Waals surface area (Å²) in [6.07, 6.45) is 2.52. The minimum absolute atomic E-state index is 0.724. The van der Waals surface area contributed by atoms with Crippen LogP contribution in [0.15, 0.2) is 6.07 Å². The van der Waals surface area contributed by atoms with Crippen LogP contribution in [0.3, 0.4) is 0 Å². The number of aromatic nitrogens is 2. The molecule has 84 valence electrons. The predicted octanol–water partition coefficient (Wildman–Crippen LogP) is 2.09. The van der Waals surface area contributed by atoms with Gasteiger partial charge in [0.15, 0.2) is 0 Å². The lowest BCUT2D eigenvalue weighted by Gasteiger charge is -2.29. The third kappa shape index (κ3) is 2.82. The summed E-state index contributed by atoms with van der Waals surface area (Å²) >= 11 is 3.68. The number of aryl methyl sites for hydroxylation is 2. The van der Waals surface area contributed by atoms with Crippen LogP contribution in [0, 0.1) is 6.92 Å². The number of hydrogen-bond donors (Lipinski definition) is 0. The van der Waals surface area contributed by atoms with Crippen molar-refractivity contribution in [3.8, 4) is 0 Å². The molecule has 1 aromatic heterocycles. The van der Waals surface area contributed by atoms with Crippen molar-refractivity contribution in [1.82, 2.24) is 14.7 Å². The Balaban J connectivity index is 1.94. The molecule has 1 fully saturated rings. The van der Waals surface area contributed by atoms with Gasteiger partial charge in [0.1, 0.15) is 0 Å². The minimum atomic E-state index is 0.724. The highest BCUT2D eigenvalue weighted by Gasteiger charge is 2.17. The van der Waals surface area contributed by atoms with Crippen molar-refractivity contribution in [1.29, 1.82) is 0 Å². The van der Waals surface area contributed by atoms with Gasteiger partial charge in [-0.25, -0.2) is 0 Å². The molecule has 0 saturated carbocycles. The van der Waals surface area contributed by atoms with E-state index in [1.54, 1.807) is 0 Å². The normalized spacial score (nSPS) is 19.7. The maximum atomic E-state index is 4.37. The number of likely N-dealkylation sites (tertiary alicyclic amines) is 1. The summed E-state index contributed by atoms with van der Waals surface area (Å²) in [6.45, 7) is 5.48. The van der Waals surface area contributed by atoms with E-state index in [0.29, 0.717) is 0 Å². The number of nitrogens with zero attached hydrogens (tertiary/aromatic N) is 3. The van der Waals surface area contributed by atoms with Gasteiger partial charge in [-0.1, -0.05) is 15.9 Å². The van der Waals surface area contributed by atoms with E-state index in [4.69, 9.17) is 0 Å². The highest BCUT2D eigenvalue weighted by Crippen LogP contribution is 2.19. The van der Waals surface area contributed by atoms with Gasteiger partial charge in [-0.15, -0.1) is 0 Å². The maximum absolute atomic E-state index is 4.37. The zero-order valence-corrected chi connectivity index (χ0v) is 11.0. The van der Waals surface area contributed by atoms with Crippen LogP contribution in [-0.2, 0) is 13.6 Å².